The lowest BCUT2D eigenvalue weighted by atomic mass is 10.1. The lowest BCUT2D eigenvalue weighted by Crippen LogP contribution is -2.16. The standard InChI is InChI=1S/C12H19NS/c1-9(13)8-11-6-7-12(14-11)10-4-2-3-5-10/h6-7,9-10H,2-5,8,13H2,1H3. The van der Waals surface area contributed by atoms with Crippen LogP contribution in [0, 0.1) is 0 Å². The highest BCUT2D eigenvalue weighted by atomic mass is 32.1. The predicted molar refractivity (Wildman–Crippen MR) is 62.9 cm³/mol. The van der Waals surface area contributed by atoms with Crippen LogP contribution in [-0.2, 0) is 6.42 Å². The molecule has 2 N–H and O–H groups in total. The minimum atomic E-state index is 0.296. The first-order valence-corrected chi connectivity index (χ1v) is 6.41. The van der Waals surface area contributed by atoms with Gasteiger partial charge in [-0.15, -0.1) is 11.3 Å². The number of hydrogen-bond donors (Lipinski definition) is 1. The maximum Gasteiger partial charge on any atom is 0.00791 e. The zero-order valence-corrected chi connectivity index (χ0v) is 9.65. The zero-order chi connectivity index (χ0) is 9.97. The summed E-state index contributed by atoms with van der Waals surface area (Å²) >= 11 is 1.98. The summed E-state index contributed by atoms with van der Waals surface area (Å²) in [6.45, 7) is 2.08. The topological polar surface area (TPSA) is 26.0 Å². The Balaban J connectivity index is 2.01. The molecule has 0 spiro atoms. The molecule has 2 heteroatoms. The number of thiophene rings is 1. The number of rotatable bonds is 3. The molecule has 1 aromatic heterocycles. The predicted octanol–water partition coefficient (Wildman–Crippen LogP) is 3.30. The van der Waals surface area contributed by atoms with Crippen molar-refractivity contribution in [1.29, 1.82) is 0 Å². The fourth-order valence-electron chi connectivity index (χ4n) is 2.25. The molecular weight excluding hydrogens is 190 g/mol. The summed E-state index contributed by atoms with van der Waals surface area (Å²) in [6, 6.07) is 4.88. The summed E-state index contributed by atoms with van der Waals surface area (Å²) in [5.41, 5.74) is 5.79. The molecule has 1 saturated carbocycles. The number of nitrogens with two attached hydrogens (primary N) is 1. The molecule has 1 unspecified atom stereocenters. The van der Waals surface area contributed by atoms with Gasteiger partial charge in [0.25, 0.3) is 0 Å². The lowest BCUT2D eigenvalue weighted by Gasteiger charge is -2.05. The molecular formula is C12H19NS. The molecule has 1 aromatic rings. The first-order chi connectivity index (χ1) is 6.75. The third-order valence-electron chi connectivity index (χ3n) is 2.96. The molecule has 1 aliphatic rings. The summed E-state index contributed by atoms with van der Waals surface area (Å²) in [4.78, 5) is 3.06. The van der Waals surface area contributed by atoms with Crippen molar-refractivity contribution < 1.29 is 0 Å². The molecule has 0 amide bonds. The summed E-state index contributed by atoms with van der Waals surface area (Å²) in [6.07, 6.45) is 6.68. The molecule has 2 rings (SSSR count). The van der Waals surface area contributed by atoms with E-state index < -0.39 is 0 Å². The average molecular weight is 209 g/mol. The van der Waals surface area contributed by atoms with E-state index in [9.17, 15) is 0 Å². The molecule has 0 bridgehead atoms. The highest BCUT2D eigenvalue weighted by Crippen LogP contribution is 2.37. The highest BCUT2D eigenvalue weighted by molar-refractivity contribution is 7.12. The van der Waals surface area contributed by atoms with E-state index in [-0.39, 0.29) is 0 Å². The molecule has 0 saturated heterocycles. The van der Waals surface area contributed by atoms with E-state index in [0.717, 1.165) is 12.3 Å². The Bertz CT molecular complexity index is 284. The van der Waals surface area contributed by atoms with E-state index in [1.54, 1.807) is 4.88 Å². The van der Waals surface area contributed by atoms with Crippen molar-refractivity contribution in [2.75, 3.05) is 0 Å². The van der Waals surface area contributed by atoms with Crippen molar-refractivity contribution in [3.05, 3.63) is 21.9 Å². The normalized spacial score (nSPS) is 20.1. The van der Waals surface area contributed by atoms with Crippen molar-refractivity contribution in [2.45, 2.75) is 51.0 Å². The minimum Gasteiger partial charge on any atom is -0.328 e. The Morgan fingerprint density at radius 3 is 2.79 bits per heavy atom. The molecule has 0 aliphatic heterocycles. The van der Waals surface area contributed by atoms with Crippen LogP contribution < -0.4 is 5.73 Å². The Morgan fingerprint density at radius 2 is 2.14 bits per heavy atom. The minimum absolute atomic E-state index is 0.296. The highest BCUT2D eigenvalue weighted by Gasteiger charge is 2.18. The molecule has 0 aromatic carbocycles. The van der Waals surface area contributed by atoms with Crippen LogP contribution in [-0.4, -0.2) is 6.04 Å². The molecule has 1 aliphatic carbocycles. The maximum absolute atomic E-state index is 5.79. The van der Waals surface area contributed by atoms with E-state index in [2.05, 4.69) is 19.1 Å². The second kappa shape index (κ2) is 4.45. The van der Waals surface area contributed by atoms with Crippen molar-refractivity contribution >= 4 is 11.3 Å². The van der Waals surface area contributed by atoms with Crippen LogP contribution in [0.4, 0.5) is 0 Å². The Labute approximate surface area is 90.3 Å². The van der Waals surface area contributed by atoms with Crippen LogP contribution >= 0.6 is 11.3 Å². The first kappa shape index (κ1) is 10.2. The van der Waals surface area contributed by atoms with Crippen molar-refractivity contribution in [3.63, 3.8) is 0 Å². The van der Waals surface area contributed by atoms with Gasteiger partial charge < -0.3 is 5.73 Å². The van der Waals surface area contributed by atoms with Crippen LogP contribution in [0.15, 0.2) is 12.1 Å². The van der Waals surface area contributed by atoms with E-state index in [1.165, 1.54) is 30.6 Å². The third kappa shape index (κ3) is 2.37. The third-order valence-corrected chi connectivity index (χ3v) is 4.23. The molecule has 1 fully saturated rings. The van der Waals surface area contributed by atoms with Crippen LogP contribution in [0.2, 0.25) is 0 Å². The Morgan fingerprint density at radius 1 is 1.43 bits per heavy atom. The van der Waals surface area contributed by atoms with Gasteiger partial charge in [-0.2, -0.15) is 0 Å². The first-order valence-electron chi connectivity index (χ1n) is 5.60. The van der Waals surface area contributed by atoms with Gasteiger partial charge in [-0.25, -0.2) is 0 Å². The van der Waals surface area contributed by atoms with Gasteiger partial charge in [0.1, 0.15) is 0 Å². The monoisotopic (exact) mass is 209 g/mol. The number of hydrogen-bond acceptors (Lipinski definition) is 2. The van der Waals surface area contributed by atoms with Crippen LogP contribution in [0.5, 0.6) is 0 Å². The van der Waals surface area contributed by atoms with E-state index in [1.807, 2.05) is 11.3 Å². The van der Waals surface area contributed by atoms with Gasteiger partial charge in [0.2, 0.25) is 0 Å². The summed E-state index contributed by atoms with van der Waals surface area (Å²) < 4.78 is 0. The lowest BCUT2D eigenvalue weighted by molar-refractivity contribution is 0.738. The van der Waals surface area contributed by atoms with Crippen molar-refractivity contribution in [1.82, 2.24) is 0 Å². The van der Waals surface area contributed by atoms with Crippen molar-refractivity contribution in [2.24, 2.45) is 5.73 Å². The molecule has 0 radical (unpaired) electrons. The van der Waals surface area contributed by atoms with Crippen LogP contribution in [0.1, 0.15) is 48.3 Å². The Hall–Kier alpha value is -0.340. The van der Waals surface area contributed by atoms with Gasteiger partial charge in [-0.3, -0.25) is 0 Å². The molecule has 1 nitrogen and oxygen atoms in total. The molecule has 14 heavy (non-hydrogen) atoms. The maximum atomic E-state index is 5.79. The zero-order valence-electron chi connectivity index (χ0n) is 8.83. The van der Waals surface area contributed by atoms with Gasteiger partial charge in [-0.1, -0.05) is 12.8 Å². The van der Waals surface area contributed by atoms with Gasteiger partial charge in [0.05, 0.1) is 0 Å². The van der Waals surface area contributed by atoms with Gasteiger partial charge >= 0.3 is 0 Å². The summed E-state index contributed by atoms with van der Waals surface area (Å²) in [5.74, 6) is 0.863. The van der Waals surface area contributed by atoms with Crippen LogP contribution in [0.25, 0.3) is 0 Å². The van der Waals surface area contributed by atoms with Gasteiger partial charge in [0.15, 0.2) is 0 Å². The van der Waals surface area contributed by atoms with E-state index >= 15 is 0 Å². The SMILES string of the molecule is CC(N)Cc1ccc(C2CCCC2)s1. The summed E-state index contributed by atoms with van der Waals surface area (Å²) in [7, 11) is 0. The second-order valence-electron chi connectivity index (χ2n) is 4.47. The fraction of sp³-hybridized carbons (Fsp3) is 0.667. The van der Waals surface area contributed by atoms with Gasteiger partial charge in [0, 0.05) is 15.8 Å². The Kier molecular flexibility index (Phi) is 3.24. The van der Waals surface area contributed by atoms with Gasteiger partial charge in [-0.05, 0) is 44.2 Å². The molecule has 78 valence electrons. The quantitative estimate of drug-likeness (QED) is 0.812. The molecule has 1 atom stereocenters. The van der Waals surface area contributed by atoms with E-state index in [4.69, 9.17) is 5.73 Å². The fourth-order valence-corrected chi connectivity index (χ4v) is 3.57. The average Bonchev–Trinajstić information content (AvgIpc) is 2.69. The van der Waals surface area contributed by atoms with Crippen LogP contribution in [0.3, 0.4) is 0 Å². The molecule has 1 heterocycles. The second-order valence-corrected chi connectivity index (χ2v) is 5.67. The summed E-state index contributed by atoms with van der Waals surface area (Å²) in [5, 5.41) is 0. The van der Waals surface area contributed by atoms with Crippen molar-refractivity contribution in [3.8, 4) is 0 Å². The van der Waals surface area contributed by atoms with E-state index in [0.29, 0.717) is 6.04 Å². The smallest absolute Gasteiger partial charge is 0.00791 e. The largest absolute Gasteiger partial charge is 0.328 e.